The van der Waals surface area contributed by atoms with Crippen LogP contribution in [0.4, 0.5) is 21.0 Å². The van der Waals surface area contributed by atoms with Crippen LogP contribution in [0.15, 0.2) is 36.5 Å². The minimum atomic E-state index is -0.779. The van der Waals surface area contributed by atoms with E-state index < -0.39 is 23.1 Å². The van der Waals surface area contributed by atoms with Gasteiger partial charge in [-0.15, -0.1) is 0 Å². The highest BCUT2D eigenvalue weighted by Gasteiger charge is 2.56. The number of carbonyl (C=O) groups excluding carboxylic acids is 1. The van der Waals surface area contributed by atoms with Crippen LogP contribution in [0.5, 0.6) is 0 Å². The molecule has 7 heteroatoms. The number of hydrogen-bond donors (Lipinski definition) is 1. The molecule has 0 aliphatic carbocycles. The summed E-state index contributed by atoms with van der Waals surface area (Å²) in [5.74, 6) is -0.521. The van der Waals surface area contributed by atoms with Crippen molar-refractivity contribution in [1.82, 2.24) is 9.97 Å². The summed E-state index contributed by atoms with van der Waals surface area (Å²) in [6.45, 7) is 7.70. The smallest absolute Gasteiger partial charge is 0.416 e. The molecular formula is C18H21FN4O2. The Kier molecular flexibility index (Phi) is 4.10. The van der Waals surface area contributed by atoms with Gasteiger partial charge in [0.25, 0.3) is 0 Å². The van der Waals surface area contributed by atoms with Gasteiger partial charge in [0.1, 0.15) is 5.60 Å². The number of halogens is 1. The molecular weight excluding hydrogens is 323 g/mol. The quantitative estimate of drug-likeness (QED) is 0.915. The van der Waals surface area contributed by atoms with Gasteiger partial charge in [-0.05, 0) is 33.3 Å². The van der Waals surface area contributed by atoms with Crippen LogP contribution >= 0.6 is 0 Å². The van der Waals surface area contributed by atoms with Crippen LogP contribution in [0.3, 0.4) is 0 Å². The van der Waals surface area contributed by atoms with Gasteiger partial charge in [0.05, 0.1) is 11.7 Å². The lowest BCUT2D eigenvalue weighted by Crippen LogP contribution is -2.51. The number of benzene rings is 1. The predicted molar refractivity (Wildman–Crippen MR) is 92.9 cm³/mol. The number of hydrogen-bond acceptors (Lipinski definition) is 5. The molecule has 1 N–H and O–H groups in total. The normalized spacial score (nSPS) is 18.1. The molecule has 132 valence electrons. The van der Waals surface area contributed by atoms with Gasteiger partial charge >= 0.3 is 6.09 Å². The molecule has 1 saturated heterocycles. The summed E-state index contributed by atoms with van der Waals surface area (Å²) in [5, 5.41) is 3.05. The van der Waals surface area contributed by atoms with Crippen LogP contribution in [-0.2, 0) is 11.3 Å². The van der Waals surface area contributed by atoms with Gasteiger partial charge in [-0.3, -0.25) is 0 Å². The van der Waals surface area contributed by atoms with Gasteiger partial charge in [0.2, 0.25) is 5.95 Å². The van der Waals surface area contributed by atoms with Crippen molar-refractivity contribution in [3.05, 3.63) is 47.9 Å². The number of aromatic nitrogens is 2. The van der Waals surface area contributed by atoms with E-state index in [1.165, 1.54) is 4.90 Å². The third kappa shape index (κ3) is 3.01. The molecule has 0 radical (unpaired) electrons. The number of carbonyl (C=O) groups is 1. The van der Waals surface area contributed by atoms with Gasteiger partial charge in [-0.25, -0.2) is 19.1 Å². The lowest BCUT2D eigenvalue weighted by atomic mass is 9.85. The van der Waals surface area contributed by atoms with Crippen LogP contribution in [0.25, 0.3) is 0 Å². The third-order valence-electron chi connectivity index (χ3n) is 4.79. The number of nitrogens with one attached hydrogen (secondary N) is 1. The van der Waals surface area contributed by atoms with Gasteiger partial charge < -0.3 is 10.1 Å². The zero-order chi connectivity index (χ0) is 18.2. The number of rotatable bonds is 4. The van der Waals surface area contributed by atoms with Gasteiger partial charge in [0, 0.05) is 6.54 Å². The summed E-state index contributed by atoms with van der Waals surface area (Å²) in [6.07, 6.45) is 0.436. The molecule has 1 aromatic carbocycles. The highest BCUT2D eigenvalue weighted by atomic mass is 19.1. The molecule has 2 aromatic rings. The fourth-order valence-electron chi connectivity index (χ4n) is 2.61. The van der Waals surface area contributed by atoms with E-state index in [2.05, 4.69) is 15.3 Å². The molecule has 0 spiro atoms. The van der Waals surface area contributed by atoms with Crippen molar-refractivity contribution in [2.45, 2.75) is 45.4 Å². The Morgan fingerprint density at radius 2 is 1.88 bits per heavy atom. The number of anilines is 2. The lowest BCUT2D eigenvalue weighted by Gasteiger charge is -2.36. The van der Waals surface area contributed by atoms with E-state index in [1.54, 1.807) is 13.8 Å². The van der Waals surface area contributed by atoms with E-state index in [0.29, 0.717) is 6.54 Å². The van der Waals surface area contributed by atoms with Crippen molar-refractivity contribution in [3.8, 4) is 0 Å². The molecule has 25 heavy (non-hydrogen) atoms. The van der Waals surface area contributed by atoms with Crippen molar-refractivity contribution in [2.24, 2.45) is 0 Å². The maximum Gasteiger partial charge on any atom is 0.416 e. The summed E-state index contributed by atoms with van der Waals surface area (Å²) in [7, 11) is 0. The Labute approximate surface area is 146 Å². The van der Waals surface area contributed by atoms with Crippen molar-refractivity contribution >= 4 is 17.9 Å². The Bertz CT molecular complexity index is 793. The van der Waals surface area contributed by atoms with E-state index in [0.717, 1.165) is 11.8 Å². The van der Waals surface area contributed by atoms with Crippen LogP contribution in [0.1, 0.15) is 33.3 Å². The average molecular weight is 344 g/mol. The first-order chi connectivity index (χ1) is 11.7. The summed E-state index contributed by atoms with van der Waals surface area (Å²) in [6, 6.07) is 9.71. The molecule has 1 fully saturated rings. The first kappa shape index (κ1) is 17.1. The lowest BCUT2D eigenvalue weighted by molar-refractivity contribution is 0.0458. The first-order valence-corrected chi connectivity index (χ1v) is 8.06. The largest absolute Gasteiger partial charge is 0.441 e. The third-order valence-corrected chi connectivity index (χ3v) is 4.79. The molecule has 3 rings (SSSR count). The predicted octanol–water partition coefficient (Wildman–Crippen LogP) is 3.74. The Morgan fingerprint density at radius 1 is 1.20 bits per heavy atom. The minimum absolute atomic E-state index is 0.0915. The van der Waals surface area contributed by atoms with Gasteiger partial charge in [-0.1, -0.05) is 30.3 Å². The first-order valence-electron chi connectivity index (χ1n) is 8.06. The number of cyclic esters (lactones) is 1. The molecule has 0 saturated carbocycles. The molecule has 1 aliphatic heterocycles. The highest BCUT2D eigenvalue weighted by molar-refractivity contribution is 5.91. The van der Waals surface area contributed by atoms with Crippen LogP contribution in [-0.4, -0.2) is 27.2 Å². The second-order valence-corrected chi connectivity index (χ2v) is 6.98. The second kappa shape index (κ2) is 5.98. The van der Waals surface area contributed by atoms with Crippen molar-refractivity contribution < 1.29 is 13.9 Å². The van der Waals surface area contributed by atoms with Gasteiger partial charge in [-0.2, -0.15) is 4.98 Å². The SMILES string of the molecule is CC1(C)OC(=O)N(c2nc(NCc3ccccc3)ncc2F)C1(C)C. The monoisotopic (exact) mass is 344 g/mol. The molecule has 2 heterocycles. The van der Waals surface area contributed by atoms with E-state index in [9.17, 15) is 9.18 Å². The van der Waals surface area contributed by atoms with Crippen LogP contribution < -0.4 is 10.2 Å². The molecule has 6 nitrogen and oxygen atoms in total. The summed E-state index contributed by atoms with van der Waals surface area (Å²) >= 11 is 0. The zero-order valence-electron chi connectivity index (χ0n) is 14.7. The zero-order valence-corrected chi connectivity index (χ0v) is 14.7. The topological polar surface area (TPSA) is 67.3 Å². The van der Waals surface area contributed by atoms with Crippen molar-refractivity contribution in [3.63, 3.8) is 0 Å². The average Bonchev–Trinajstić information content (AvgIpc) is 2.71. The second-order valence-electron chi connectivity index (χ2n) is 6.98. The number of nitrogens with zero attached hydrogens (tertiary/aromatic N) is 3. The molecule has 1 aliphatic rings. The summed E-state index contributed by atoms with van der Waals surface area (Å²) in [4.78, 5) is 21.7. The van der Waals surface area contributed by atoms with Crippen molar-refractivity contribution in [2.75, 3.05) is 10.2 Å². The number of ether oxygens (including phenoxy) is 1. The Morgan fingerprint density at radius 3 is 2.48 bits per heavy atom. The van der Waals surface area contributed by atoms with E-state index in [-0.39, 0.29) is 11.8 Å². The number of amides is 1. The molecule has 1 amide bonds. The van der Waals surface area contributed by atoms with Gasteiger partial charge in [0.15, 0.2) is 11.6 Å². The molecule has 1 aromatic heterocycles. The highest BCUT2D eigenvalue weighted by Crippen LogP contribution is 2.41. The molecule has 0 bridgehead atoms. The molecule has 0 atom stereocenters. The van der Waals surface area contributed by atoms with Crippen LogP contribution in [0.2, 0.25) is 0 Å². The fraction of sp³-hybridized carbons (Fsp3) is 0.389. The molecule has 0 unspecified atom stereocenters. The Hall–Kier alpha value is -2.70. The maximum absolute atomic E-state index is 14.4. The van der Waals surface area contributed by atoms with E-state index >= 15 is 0 Å². The standard InChI is InChI=1S/C18H21FN4O2/c1-17(2)18(3,4)25-16(24)23(17)14-13(19)11-21-15(22-14)20-10-12-8-6-5-7-9-12/h5-9,11H,10H2,1-4H3,(H,20,21,22). The Balaban J connectivity index is 1.88. The van der Waals surface area contributed by atoms with E-state index in [4.69, 9.17) is 4.74 Å². The van der Waals surface area contributed by atoms with E-state index in [1.807, 2.05) is 44.2 Å². The van der Waals surface area contributed by atoms with Crippen molar-refractivity contribution in [1.29, 1.82) is 0 Å². The maximum atomic E-state index is 14.4. The van der Waals surface area contributed by atoms with Crippen LogP contribution in [0, 0.1) is 5.82 Å². The summed E-state index contributed by atoms with van der Waals surface area (Å²) in [5.41, 5.74) is -0.506. The minimum Gasteiger partial charge on any atom is -0.441 e. The fourth-order valence-corrected chi connectivity index (χ4v) is 2.61. The summed E-state index contributed by atoms with van der Waals surface area (Å²) < 4.78 is 19.7.